The fourth-order valence-electron chi connectivity index (χ4n) is 2.95. The third-order valence-electron chi connectivity index (χ3n) is 4.45. The Morgan fingerprint density at radius 3 is 2.45 bits per heavy atom. The number of carbonyl (C=O) groups excluding carboxylic acids is 1. The maximum Gasteiger partial charge on any atom is 0.271 e. The summed E-state index contributed by atoms with van der Waals surface area (Å²) in [6.45, 7) is 1.16. The Bertz CT molecular complexity index is 1150. The van der Waals surface area contributed by atoms with Crippen LogP contribution < -0.4 is 10.3 Å². The van der Waals surface area contributed by atoms with Gasteiger partial charge in [0.05, 0.1) is 12.1 Å². The molecule has 1 N–H and O–H groups in total. The summed E-state index contributed by atoms with van der Waals surface area (Å²) in [5.74, 6) is -0.516. The van der Waals surface area contributed by atoms with Gasteiger partial charge in [0.2, 0.25) is 11.7 Å². The highest BCUT2D eigenvalue weighted by Gasteiger charge is 2.24. The average Bonchev–Trinajstić information content (AvgIpc) is 2.72. The molecule has 0 radical (unpaired) electrons. The van der Waals surface area contributed by atoms with E-state index in [9.17, 15) is 20.0 Å². The van der Waals surface area contributed by atoms with E-state index in [0.29, 0.717) is 5.75 Å². The standard InChI is InChI=1S/C22H17BrN2O4/c1-14-18(11-24)21(27)25(12-15-5-3-2-4-6-15)22(28)20(14)19(26)13-29-17-9-7-16(23)8-10-17/h2-10,28H,12-13H2,1H3. The predicted molar refractivity (Wildman–Crippen MR) is 111 cm³/mol. The average molecular weight is 453 g/mol. The molecule has 0 atom stereocenters. The Balaban J connectivity index is 1.97. The second kappa shape index (κ2) is 8.76. The SMILES string of the molecule is Cc1c(C(=O)COc2ccc(Br)cc2)c(O)n(Cc2ccccc2)c(=O)c1C#N. The van der Waals surface area contributed by atoms with Crippen molar-refractivity contribution in [1.82, 2.24) is 4.57 Å². The molecule has 0 aliphatic rings. The van der Waals surface area contributed by atoms with Gasteiger partial charge in [0.15, 0.2) is 6.61 Å². The molecule has 0 fully saturated rings. The monoisotopic (exact) mass is 452 g/mol. The lowest BCUT2D eigenvalue weighted by molar-refractivity contribution is 0.0916. The Morgan fingerprint density at radius 1 is 1.17 bits per heavy atom. The molecular formula is C22H17BrN2O4. The van der Waals surface area contributed by atoms with E-state index in [-0.39, 0.29) is 29.8 Å². The number of ketones is 1. The number of aromatic nitrogens is 1. The zero-order chi connectivity index (χ0) is 21.0. The molecule has 1 aromatic heterocycles. The molecule has 146 valence electrons. The summed E-state index contributed by atoms with van der Waals surface area (Å²) in [6, 6.07) is 17.8. The first-order chi connectivity index (χ1) is 13.9. The number of nitrogens with zero attached hydrogens (tertiary/aromatic N) is 2. The van der Waals surface area contributed by atoms with Gasteiger partial charge in [0.25, 0.3) is 5.56 Å². The number of halogens is 1. The lowest BCUT2D eigenvalue weighted by Gasteiger charge is -2.16. The van der Waals surface area contributed by atoms with Crippen LogP contribution in [0.2, 0.25) is 0 Å². The minimum Gasteiger partial charge on any atom is -0.494 e. The first-order valence-electron chi connectivity index (χ1n) is 8.74. The van der Waals surface area contributed by atoms with Crippen molar-refractivity contribution in [3.8, 4) is 17.7 Å². The Hall–Kier alpha value is -3.37. The Morgan fingerprint density at radius 2 is 1.83 bits per heavy atom. The summed E-state index contributed by atoms with van der Waals surface area (Å²) < 4.78 is 7.40. The van der Waals surface area contributed by atoms with Gasteiger partial charge in [-0.25, -0.2) is 0 Å². The fourth-order valence-corrected chi connectivity index (χ4v) is 3.21. The number of hydrogen-bond acceptors (Lipinski definition) is 5. The second-order valence-corrected chi connectivity index (χ2v) is 7.27. The second-order valence-electron chi connectivity index (χ2n) is 6.35. The fraction of sp³-hybridized carbons (Fsp3) is 0.136. The van der Waals surface area contributed by atoms with Crippen molar-refractivity contribution in [2.45, 2.75) is 13.5 Å². The van der Waals surface area contributed by atoms with Crippen LogP contribution in [0.1, 0.15) is 27.0 Å². The van der Waals surface area contributed by atoms with Gasteiger partial charge in [-0.3, -0.25) is 14.2 Å². The van der Waals surface area contributed by atoms with Crippen LogP contribution in [-0.4, -0.2) is 22.1 Å². The maximum atomic E-state index is 12.8. The number of rotatable bonds is 6. The van der Waals surface area contributed by atoms with Crippen molar-refractivity contribution in [2.24, 2.45) is 0 Å². The minimum atomic E-state index is -0.642. The smallest absolute Gasteiger partial charge is 0.271 e. The third kappa shape index (κ3) is 4.39. The maximum absolute atomic E-state index is 12.8. The molecule has 0 unspecified atom stereocenters. The van der Waals surface area contributed by atoms with Gasteiger partial charge in [-0.2, -0.15) is 5.26 Å². The largest absolute Gasteiger partial charge is 0.494 e. The van der Waals surface area contributed by atoms with Crippen LogP contribution in [0, 0.1) is 18.3 Å². The summed E-state index contributed by atoms with van der Waals surface area (Å²) >= 11 is 3.32. The number of pyridine rings is 1. The molecule has 0 amide bonds. The van der Waals surface area contributed by atoms with Crippen LogP contribution in [0.5, 0.6) is 11.6 Å². The van der Waals surface area contributed by atoms with Crippen molar-refractivity contribution in [2.75, 3.05) is 6.61 Å². The molecule has 6 nitrogen and oxygen atoms in total. The zero-order valence-corrected chi connectivity index (χ0v) is 17.1. The molecular weight excluding hydrogens is 436 g/mol. The van der Waals surface area contributed by atoms with E-state index in [1.54, 1.807) is 48.5 Å². The first-order valence-corrected chi connectivity index (χ1v) is 9.53. The quantitative estimate of drug-likeness (QED) is 0.574. The molecule has 3 aromatic rings. The van der Waals surface area contributed by atoms with E-state index in [1.807, 2.05) is 12.1 Å². The van der Waals surface area contributed by atoms with E-state index in [2.05, 4.69) is 15.9 Å². The lowest BCUT2D eigenvalue weighted by atomic mass is 10.0. The summed E-state index contributed by atoms with van der Waals surface area (Å²) in [4.78, 5) is 25.5. The summed E-state index contributed by atoms with van der Waals surface area (Å²) in [5, 5.41) is 20.1. The van der Waals surface area contributed by atoms with Gasteiger partial charge in [-0.15, -0.1) is 0 Å². The highest BCUT2D eigenvalue weighted by molar-refractivity contribution is 9.10. The molecule has 2 aromatic carbocycles. The van der Waals surface area contributed by atoms with Gasteiger partial charge >= 0.3 is 0 Å². The highest BCUT2D eigenvalue weighted by Crippen LogP contribution is 2.24. The molecule has 0 saturated heterocycles. The number of nitriles is 1. The summed E-state index contributed by atoms with van der Waals surface area (Å²) in [5.41, 5.74) is -0.0116. The van der Waals surface area contributed by atoms with Gasteiger partial charge in [0.1, 0.15) is 17.4 Å². The van der Waals surface area contributed by atoms with Crippen molar-refractivity contribution in [1.29, 1.82) is 5.26 Å². The van der Waals surface area contributed by atoms with Crippen LogP contribution in [0.15, 0.2) is 63.9 Å². The van der Waals surface area contributed by atoms with Crippen LogP contribution in [0.25, 0.3) is 0 Å². The molecule has 0 bridgehead atoms. The van der Waals surface area contributed by atoms with Crippen LogP contribution in [-0.2, 0) is 6.54 Å². The minimum absolute atomic E-state index is 0.0360. The van der Waals surface area contributed by atoms with Gasteiger partial charge < -0.3 is 9.84 Å². The van der Waals surface area contributed by atoms with Crippen LogP contribution in [0.3, 0.4) is 0 Å². The summed E-state index contributed by atoms with van der Waals surface area (Å²) in [7, 11) is 0. The number of benzene rings is 2. The van der Waals surface area contributed by atoms with Crippen LogP contribution >= 0.6 is 15.9 Å². The molecule has 3 rings (SSSR count). The van der Waals surface area contributed by atoms with Gasteiger partial charge in [-0.05, 0) is 42.3 Å². The number of hydrogen-bond donors (Lipinski definition) is 1. The number of Topliss-reactive ketones (excluding diaryl/α,β-unsaturated/α-hetero) is 1. The molecule has 1 heterocycles. The molecule has 29 heavy (non-hydrogen) atoms. The molecule has 7 heteroatoms. The van der Waals surface area contributed by atoms with E-state index in [4.69, 9.17) is 4.74 Å². The molecule has 0 aliphatic heterocycles. The number of ether oxygens (including phenoxy) is 1. The van der Waals surface area contributed by atoms with Crippen molar-refractivity contribution in [3.63, 3.8) is 0 Å². The van der Waals surface area contributed by atoms with Crippen molar-refractivity contribution >= 4 is 21.7 Å². The predicted octanol–water partition coefficient (Wildman–Crippen LogP) is 3.81. The van der Waals surface area contributed by atoms with E-state index >= 15 is 0 Å². The first kappa shape index (κ1) is 20.4. The Kier molecular flexibility index (Phi) is 6.15. The molecule has 0 aliphatic carbocycles. The summed E-state index contributed by atoms with van der Waals surface area (Å²) in [6.07, 6.45) is 0. The molecule has 0 spiro atoms. The van der Waals surface area contributed by atoms with Crippen molar-refractivity contribution in [3.05, 3.63) is 91.7 Å². The highest BCUT2D eigenvalue weighted by atomic mass is 79.9. The number of carbonyl (C=O) groups is 1. The van der Waals surface area contributed by atoms with E-state index in [0.717, 1.165) is 14.6 Å². The van der Waals surface area contributed by atoms with Gasteiger partial charge in [-0.1, -0.05) is 46.3 Å². The number of aromatic hydroxyl groups is 1. The lowest BCUT2D eigenvalue weighted by Crippen LogP contribution is -2.28. The van der Waals surface area contributed by atoms with Gasteiger partial charge in [0, 0.05) is 4.47 Å². The molecule has 0 saturated carbocycles. The topological polar surface area (TPSA) is 92.3 Å². The van der Waals surface area contributed by atoms with E-state index < -0.39 is 17.2 Å². The zero-order valence-electron chi connectivity index (χ0n) is 15.6. The van der Waals surface area contributed by atoms with Crippen molar-refractivity contribution < 1.29 is 14.6 Å². The third-order valence-corrected chi connectivity index (χ3v) is 4.97. The Labute approximate surface area is 175 Å². The normalized spacial score (nSPS) is 10.4. The van der Waals surface area contributed by atoms with Crippen LogP contribution in [0.4, 0.5) is 0 Å². The van der Waals surface area contributed by atoms with E-state index in [1.165, 1.54) is 6.92 Å².